The minimum atomic E-state index is -0.948. The molecule has 17 heavy (non-hydrogen) atoms. The number of anilines is 1. The van der Waals surface area contributed by atoms with Crippen molar-refractivity contribution in [1.82, 2.24) is 0 Å². The van der Waals surface area contributed by atoms with Crippen molar-refractivity contribution in [3.63, 3.8) is 0 Å². The molecule has 1 aromatic rings. The summed E-state index contributed by atoms with van der Waals surface area (Å²) in [5.41, 5.74) is 0.0760. The summed E-state index contributed by atoms with van der Waals surface area (Å²) in [6.07, 6.45) is -0.283. The topological polar surface area (TPSA) is 39.7 Å². The lowest BCUT2D eigenvalue weighted by molar-refractivity contribution is -0.203. The zero-order chi connectivity index (χ0) is 12.7. The van der Waals surface area contributed by atoms with Gasteiger partial charge in [-0.25, -0.2) is 0 Å². The zero-order valence-electron chi connectivity index (χ0n) is 10.4. The summed E-state index contributed by atoms with van der Waals surface area (Å²) < 4.78 is 15.9. The first-order valence-corrected chi connectivity index (χ1v) is 5.83. The smallest absolute Gasteiger partial charge is 0.170 e. The fourth-order valence-corrected chi connectivity index (χ4v) is 1.71. The molecule has 4 nitrogen and oxygen atoms in total. The molecule has 0 bridgehead atoms. The predicted molar refractivity (Wildman–Crippen MR) is 68.2 cm³/mol. The highest BCUT2D eigenvalue weighted by Gasteiger charge is 2.34. The van der Waals surface area contributed by atoms with Crippen LogP contribution in [0.25, 0.3) is 0 Å². The lowest BCUT2D eigenvalue weighted by Gasteiger charge is -2.34. The van der Waals surface area contributed by atoms with Crippen LogP contribution in [0.15, 0.2) is 30.3 Å². The van der Waals surface area contributed by atoms with Crippen LogP contribution < -0.4 is 5.32 Å². The standard InChI is InChI=1S/C12H18NO3Si/c1-14-11(12(17,15-2)16-3)9-13-10-7-5-4-6-8-10/h4-8,11,13H,9H2,1-3H3. The van der Waals surface area contributed by atoms with E-state index < -0.39 is 5.41 Å². The number of methoxy groups -OCH3 is 3. The van der Waals surface area contributed by atoms with Crippen LogP contribution in [0.5, 0.6) is 0 Å². The predicted octanol–water partition coefficient (Wildman–Crippen LogP) is 1.23. The Hall–Kier alpha value is -0.883. The van der Waals surface area contributed by atoms with Crippen LogP contribution in [0.2, 0.25) is 0 Å². The van der Waals surface area contributed by atoms with Gasteiger partial charge in [0.2, 0.25) is 0 Å². The number of nitrogens with one attached hydrogen (secondary N) is 1. The molecule has 1 rings (SSSR count). The molecule has 5 heteroatoms. The van der Waals surface area contributed by atoms with Crippen molar-refractivity contribution in [1.29, 1.82) is 0 Å². The molecule has 0 aliphatic carbocycles. The van der Waals surface area contributed by atoms with Gasteiger partial charge in [0.15, 0.2) is 5.41 Å². The summed E-state index contributed by atoms with van der Waals surface area (Å²) >= 11 is 0. The molecule has 1 atom stereocenters. The summed E-state index contributed by atoms with van der Waals surface area (Å²) in [7, 11) is 8.17. The van der Waals surface area contributed by atoms with Crippen molar-refractivity contribution < 1.29 is 14.2 Å². The van der Waals surface area contributed by atoms with Crippen molar-refractivity contribution in [3.8, 4) is 0 Å². The first-order chi connectivity index (χ1) is 8.16. The second kappa shape index (κ2) is 6.76. The molecule has 93 valence electrons. The van der Waals surface area contributed by atoms with Gasteiger partial charge in [0.25, 0.3) is 0 Å². The van der Waals surface area contributed by atoms with Crippen LogP contribution in [-0.4, -0.2) is 49.6 Å². The van der Waals surface area contributed by atoms with Crippen LogP contribution in [0, 0.1) is 0 Å². The van der Waals surface area contributed by atoms with Gasteiger partial charge in [-0.15, -0.1) is 0 Å². The van der Waals surface area contributed by atoms with E-state index in [9.17, 15) is 0 Å². The largest absolute Gasteiger partial charge is 0.382 e. The second-order valence-electron chi connectivity index (χ2n) is 3.55. The van der Waals surface area contributed by atoms with Crippen molar-refractivity contribution in [2.75, 3.05) is 33.2 Å². The minimum Gasteiger partial charge on any atom is -0.382 e. The van der Waals surface area contributed by atoms with Crippen LogP contribution in [0.3, 0.4) is 0 Å². The van der Waals surface area contributed by atoms with E-state index in [0.717, 1.165) is 5.69 Å². The molecule has 0 spiro atoms. The van der Waals surface area contributed by atoms with Crippen LogP contribution in [-0.2, 0) is 14.2 Å². The van der Waals surface area contributed by atoms with Gasteiger partial charge in [-0.1, -0.05) is 18.2 Å². The maximum atomic E-state index is 5.36. The quantitative estimate of drug-likeness (QED) is 0.585. The number of hydrogen-bond acceptors (Lipinski definition) is 4. The SMILES string of the molecule is COC(CNc1ccccc1)C([Si])(OC)OC. The molecule has 0 saturated carbocycles. The Bertz CT molecular complexity index is 317. The Morgan fingerprint density at radius 1 is 1.18 bits per heavy atom. The average molecular weight is 252 g/mol. The van der Waals surface area contributed by atoms with Gasteiger partial charge in [0.1, 0.15) is 16.3 Å². The number of para-hydroxylation sites is 1. The van der Waals surface area contributed by atoms with E-state index >= 15 is 0 Å². The number of ether oxygens (including phenoxy) is 3. The summed E-state index contributed by atoms with van der Waals surface area (Å²) in [6.45, 7) is 0.561. The normalized spacial score (nSPS) is 13.4. The Morgan fingerprint density at radius 2 is 1.76 bits per heavy atom. The molecule has 0 fully saturated rings. The molecular weight excluding hydrogens is 234 g/mol. The number of hydrogen-bond donors (Lipinski definition) is 1. The number of rotatable bonds is 7. The van der Waals surface area contributed by atoms with Gasteiger partial charge in [0.05, 0.1) is 0 Å². The summed E-state index contributed by atoms with van der Waals surface area (Å²) in [5, 5.41) is 3.25. The molecule has 0 heterocycles. The molecule has 0 saturated heterocycles. The average Bonchev–Trinajstić information content (AvgIpc) is 2.40. The van der Waals surface area contributed by atoms with E-state index in [1.54, 1.807) is 21.3 Å². The van der Waals surface area contributed by atoms with E-state index in [0.29, 0.717) is 6.54 Å². The van der Waals surface area contributed by atoms with Gasteiger partial charge in [-0.3, -0.25) is 0 Å². The first kappa shape index (κ1) is 14.2. The highest BCUT2D eigenvalue weighted by atomic mass is 28.1. The second-order valence-corrected chi connectivity index (χ2v) is 4.24. The fourth-order valence-electron chi connectivity index (χ4n) is 1.49. The molecule has 0 aliphatic heterocycles. The van der Waals surface area contributed by atoms with E-state index in [4.69, 9.17) is 14.2 Å². The zero-order valence-corrected chi connectivity index (χ0v) is 11.4. The number of benzene rings is 1. The van der Waals surface area contributed by atoms with Gasteiger partial charge in [-0.05, 0) is 12.1 Å². The van der Waals surface area contributed by atoms with Crippen molar-refractivity contribution in [3.05, 3.63) is 30.3 Å². The Morgan fingerprint density at radius 3 is 2.24 bits per heavy atom. The summed E-state index contributed by atoms with van der Waals surface area (Å²) in [6, 6.07) is 9.89. The van der Waals surface area contributed by atoms with Gasteiger partial charge >= 0.3 is 0 Å². The molecule has 3 radical (unpaired) electrons. The summed E-state index contributed by atoms with van der Waals surface area (Å²) in [5.74, 6) is 0. The molecular formula is C12H18NO3Si. The Balaban J connectivity index is 2.59. The Labute approximate surface area is 106 Å². The third-order valence-electron chi connectivity index (χ3n) is 2.58. The molecule has 0 aliphatic rings. The molecule has 1 unspecified atom stereocenters. The minimum absolute atomic E-state index is 0.283. The maximum Gasteiger partial charge on any atom is 0.170 e. The lowest BCUT2D eigenvalue weighted by Crippen LogP contribution is -2.50. The van der Waals surface area contributed by atoms with Crippen LogP contribution in [0.1, 0.15) is 0 Å². The Kier molecular flexibility index (Phi) is 5.63. The molecule has 1 N–H and O–H groups in total. The molecule has 1 aromatic carbocycles. The molecule has 0 aromatic heterocycles. The lowest BCUT2D eigenvalue weighted by atomic mass is 10.3. The first-order valence-electron chi connectivity index (χ1n) is 5.33. The van der Waals surface area contributed by atoms with Crippen molar-refractivity contribution in [2.45, 2.75) is 11.5 Å². The van der Waals surface area contributed by atoms with Gasteiger partial charge in [0, 0.05) is 33.6 Å². The third kappa shape index (κ3) is 3.81. The fraction of sp³-hybridized carbons (Fsp3) is 0.500. The van der Waals surface area contributed by atoms with E-state index in [1.807, 2.05) is 30.3 Å². The highest BCUT2D eigenvalue weighted by Crippen LogP contribution is 2.16. The maximum absolute atomic E-state index is 5.36. The van der Waals surface area contributed by atoms with Crippen molar-refractivity contribution in [2.24, 2.45) is 0 Å². The highest BCUT2D eigenvalue weighted by molar-refractivity contribution is 6.13. The van der Waals surface area contributed by atoms with Crippen LogP contribution >= 0.6 is 0 Å². The van der Waals surface area contributed by atoms with Gasteiger partial charge < -0.3 is 19.5 Å². The third-order valence-corrected chi connectivity index (χ3v) is 3.31. The van der Waals surface area contributed by atoms with E-state index in [-0.39, 0.29) is 6.10 Å². The monoisotopic (exact) mass is 252 g/mol. The van der Waals surface area contributed by atoms with Crippen molar-refractivity contribution >= 4 is 15.9 Å². The van der Waals surface area contributed by atoms with Crippen LogP contribution in [0.4, 0.5) is 5.69 Å². The summed E-state index contributed by atoms with van der Waals surface area (Å²) in [4.78, 5) is 0. The van der Waals surface area contributed by atoms with E-state index in [1.165, 1.54) is 0 Å². The van der Waals surface area contributed by atoms with E-state index in [2.05, 4.69) is 15.6 Å². The van der Waals surface area contributed by atoms with Gasteiger partial charge in [-0.2, -0.15) is 0 Å². The molecule has 0 amide bonds.